The zero-order valence-electron chi connectivity index (χ0n) is 18.3. The molecule has 0 saturated carbocycles. The molecule has 0 aliphatic rings. The molecule has 0 spiro atoms. The summed E-state index contributed by atoms with van der Waals surface area (Å²) in [6, 6.07) is 20.0. The van der Waals surface area contributed by atoms with Crippen LogP contribution in [-0.4, -0.2) is 41.1 Å². The van der Waals surface area contributed by atoms with E-state index in [1.165, 1.54) is 12.1 Å². The first-order chi connectivity index (χ1) is 15.8. The molecule has 174 valence electrons. The first-order valence-electron chi connectivity index (χ1n) is 10.2. The molecule has 3 aromatic rings. The maximum atomic E-state index is 13.4. The number of aryl methyl sites for hydroxylation is 1. The van der Waals surface area contributed by atoms with Crippen molar-refractivity contribution in [3.05, 3.63) is 83.4 Å². The Morgan fingerprint density at radius 2 is 1.67 bits per heavy atom. The lowest BCUT2D eigenvalue weighted by atomic mass is 10.2. The molecular weight excluding hydrogens is 464 g/mol. The fraction of sp³-hybridized carbons (Fsp3) is 0.208. The average Bonchev–Trinajstić information content (AvgIpc) is 2.81. The summed E-state index contributed by atoms with van der Waals surface area (Å²) in [6.45, 7) is 1.73. The number of sulfonamides is 1. The number of benzene rings is 3. The first-order valence-corrected chi connectivity index (χ1v) is 12.0. The highest BCUT2D eigenvalue weighted by Gasteiger charge is 2.28. The summed E-state index contributed by atoms with van der Waals surface area (Å²) in [4.78, 5) is 12.8. The minimum atomic E-state index is -3.99. The van der Waals surface area contributed by atoms with Gasteiger partial charge in [0.2, 0.25) is 5.91 Å². The van der Waals surface area contributed by atoms with Crippen molar-refractivity contribution in [1.82, 2.24) is 5.32 Å². The van der Waals surface area contributed by atoms with Gasteiger partial charge in [-0.2, -0.15) is 0 Å². The zero-order chi connectivity index (χ0) is 23.8. The molecule has 0 aliphatic carbocycles. The Balaban J connectivity index is 1.73. The molecule has 0 aliphatic heterocycles. The third kappa shape index (κ3) is 6.18. The van der Waals surface area contributed by atoms with Gasteiger partial charge >= 0.3 is 0 Å². The Morgan fingerprint density at radius 3 is 2.33 bits per heavy atom. The number of ether oxygens (including phenoxy) is 2. The van der Waals surface area contributed by atoms with Crippen LogP contribution in [0.5, 0.6) is 11.5 Å². The zero-order valence-corrected chi connectivity index (χ0v) is 19.9. The third-order valence-corrected chi connectivity index (χ3v) is 6.81. The number of para-hydroxylation sites is 2. The predicted molar refractivity (Wildman–Crippen MR) is 129 cm³/mol. The summed E-state index contributed by atoms with van der Waals surface area (Å²) in [5.74, 6) is 0.675. The highest BCUT2D eigenvalue weighted by Crippen LogP contribution is 2.29. The topological polar surface area (TPSA) is 84.9 Å². The van der Waals surface area contributed by atoms with E-state index in [9.17, 15) is 13.2 Å². The lowest BCUT2D eigenvalue weighted by Gasteiger charge is -2.25. The van der Waals surface area contributed by atoms with Gasteiger partial charge in [0.05, 0.1) is 24.2 Å². The third-order valence-electron chi connectivity index (χ3n) is 4.80. The largest absolute Gasteiger partial charge is 0.493 e. The number of nitrogens with zero attached hydrogens (tertiary/aromatic N) is 1. The molecule has 3 rings (SSSR count). The van der Waals surface area contributed by atoms with Crippen LogP contribution < -0.4 is 19.1 Å². The monoisotopic (exact) mass is 488 g/mol. The van der Waals surface area contributed by atoms with Crippen LogP contribution in [-0.2, 0) is 14.8 Å². The standard InChI is InChI=1S/C24H25ClN2O5S/c1-18-16-19(25)12-13-21(18)27(33(29,30)20-8-4-3-5-9-20)17-24(28)26-14-15-32-23-11-7-6-10-22(23)31-2/h3-13,16H,14-15,17H2,1-2H3,(H,26,28). The van der Waals surface area contributed by atoms with Crippen LogP contribution >= 0.6 is 11.6 Å². The Bertz CT molecular complexity index is 1200. The molecule has 0 radical (unpaired) electrons. The van der Waals surface area contributed by atoms with E-state index in [2.05, 4.69) is 5.32 Å². The lowest BCUT2D eigenvalue weighted by molar-refractivity contribution is -0.119. The number of halogens is 1. The quantitative estimate of drug-likeness (QED) is 0.435. The maximum Gasteiger partial charge on any atom is 0.264 e. The molecule has 0 atom stereocenters. The highest BCUT2D eigenvalue weighted by atomic mass is 35.5. The van der Waals surface area contributed by atoms with Crippen LogP contribution in [0.4, 0.5) is 5.69 Å². The fourth-order valence-electron chi connectivity index (χ4n) is 3.19. The number of amides is 1. The van der Waals surface area contributed by atoms with E-state index in [1.54, 1.807) is 62.6 Å². The normalized spacial score (nSPS) is 11.0. The fourth-order valence-corrected chi connectivity index (χ4v) is 4.93. The van der Waals surface area contributed by atoms with Crippen molar-refractivity contribution in [2.45, 2.75) is 11.8 Å². The molecule has 0 aromatic heterocycles. The number of hydrogen-bond acceptors (Lipinski definition) is 5. The summed E-state index contributed by atoms with van der Waals surface area (Å²) < 4.78 is 38.7. The summed E-state index contributed by atoms with van der Waals surface area (Å²) in [6.07, 6.45) is 0. The molecule has 0 unspecified atom stereocenters. The van der Waals surface area contributed by atoms with E-state index < -0.39 is 22.5 Å². The number of methoxy groups -OCH3 is 1. The number of hydrogen-bond donors (Lipinski definition) is 1. The van der Waals surface area contributed by atoms with E-state index in [4.69, 9.17) is 21.1 Å². The maximum absolute atomic E-state index is 13.4. The van der Waals surface area contributed by atoms with Gasteiger partial charge in [-0.25, -0.2) is 8.42 Å². The molecule has 7 nitrogen and oxygen atoms in total. The van der Waals surface area contributed by atoms with Gasteiger partial charge < -0.3 is 14.8 Å². The van der Waals surface area contributed by atoms with E-state index in [0.29, 0.717) is 27.8 Å². The van der Waals surface area contributed by atoms with E-state index in [0.717, 1.165) is 4.31 Å². The molecule has 0 heterocycles. The molecule has 33 heavy (non-hydrogen) atoms. The number of carbonyl (C=O) groups excluding carboxylic acids is 1. The minimum absolute atomic E-state index is 0.0895. The van der Waals surface area contributed by atoms with Crippen molar-refractivity contribution in [2.75, 3.05) is 31.1 Å². The molecule has 9 heteroatoms. The SMILES string of the molecule is COc1ccccc1OCCNC(=O)CN(c1ccc(Cl)cc1C)S(=O)(=O)c1ccccc1. The summed E-state index contributed by atoms with van der Waals surface area (Å²) in [5, 5.41) is 3.19. The van der Waals surface area contributed by atoms with Crippen LogP contribution in [0.2, 0.25) is 5.02 Å². The van der Waals surface area contributed by atoms with Gasteiger partial charge in [0.25, 0.3) is 10.0 Å². The molecule has 0 saturated heterocycles. The summed E-state index contributed by atoms with van der Waals surface area (Å²) in [7, 11) is -2.44. The second-order valence-electron chi connectivity index (χ2n) is 7.10. The minimum Gasteiger partial charge on any atom is -0.493 e. The number of carbonyl (C=O) groups is 1. The smallest absolute Gasteiger partial charge is 0.264 e. The highest BCUT2D eigenvalue weighted by molar-refractivity contribution is 7.92. The van der Waals surface area contributed by atoms with Crippen molar-refractivity contribution in [2.24, 2.45) is 0 Å². The number of anilines is 1. The van der Waals surface area contributed by atoms with Gasteiger partial charge in [-0.15, -0.1) is 0 Å². The van der Waals surface area contributed by atoms with Gasteiger partial charge in [0, 0.05) is 5.02 Å². The van der Waals surface area contributed by atoms with Crippen molar-refractivity contribution in [1.29, 1.82) is 0 Å². The Morgan fingerprint density at radius 1 is 1.00 bits per heavy atom. The van der Waals surface area contributed by atoms with Crippen molar-refractivity contribution in [3.63, 3.8) is 0 Å². The van der Waals surface area contributed by atoms with Gasteiger partial charge in [0.15, 0.2) is 11.5 Å². The van der Waals surface area contributed by atoms with Crippen LogP contribution in [0.3, 0.4) is 0 Å². The summed E-state index contributed by atoms with van der Waals surface area (Å²) in [5.41, 5.74) is 1.01. The van der Waals surface area contributed by atoms with Crippen molar-refractivity contribution >= 4 is 33.2 Å². The molecular formula is C24H25ClN2O5S. The van der Waals surface area contributed by atoms with Crippen LogP contribution in [0.25, 0.3) is 0 Å². The second kappa shape index (κ2) is 11.1. The van der Waals surface area contributed by atoms with Crippen molar-refractivity contribution in [3.8, 4) is 11.5 Å². The second-order valence-corrected chi connectivity index (χ2v) is 9.40. The summed E-state index contributed by atoms with van der Waals surface area (Å²) >= 11 is 6.05. The Labute approximate surface area is 198 Å². The molecule has 3 aromatic carbocycles. The lowest BCUT2D eigenvalue weighted by Crippen LogP contribution is -2.42. The molecule has 0 fully saturated rings. The van der Waals surface area contributed by atoms with E-state index in [1.807, 2.05) is 12.1 Å². The Hall–Kier alpha value is -3.23. The van der Waals surface area contributed by atoms with Crippen LogP contribution in [0.1, 0.15) is 5.56 Å². The molecule has 0 bridgehead atoms. The molecule has 1 N–H and O–H groups in total. The first kappa shape index (κ1) is 24.4. The molecule has 1 amide bonds. The average molecular weight is 489 g/mol. The van der Waals surface area contributed by atoms with Gasteiger partial charge in [-0.1, -0.05) is 41.9 Å². The number of nitrogens with one attached hydrogen (secondary N) is 1. The van der Waals surface area contributed by atoms with E-state index in [-0.39, 0.29) is 18.0 Å². The van der Waals surface area contributed by atoms with Gasteiger partial charge in [0.1, 0.15) is 13.2 Å². The van der Waals surface area contributed by atoms with Crippen LogP contribution in [0, 0.1) is 6.92 Å². The van der Waals surface area contributed by atoms with Gasteiger partial charge in [-0.05, 0) is 55.0 Å². The van der Waals surface area contributed by atoms with Gasteiger partial charge in [-0.3, -0.25) is 9.10 Å². The van der Waals surface area contributed by atoms with Crippen LogP contribution in [0.15, 0.2) is 77.7 Å². The van der Waals surface area contributed by atoms with E-state index >= 15 is 0 Å². The van der Waals surface area contributed by atoms with Crippen molar-refractivity contribution < 1.29 is 22.7 Å². The Kier molecular flexibility index (Phi) is 8.19. The number of rotatable bonds is 10. The predicted octanol–water partition coefficient (Wildman–Crippen LogP) is 4.05.